The highest BCUT2D eigenvalue weighted by molar-refractivity contribution is 7.15. The van der Waals surface area contributed by atoms with Crippen molar-refractivity contribution in [1.82, 2.24) is 4.98 Å². The van der Waals surface area contributed by atoms with Crippen molar-refractivity contribution in [3.05, 3.63) is 34.7 Å². The SMILES string of the molecule is CCN(Cc1ccco1)c1nc2c(s1)CCCC2N. The summed E-state index contributed by atoms with van der Waals surface area (Å²) in [6.07, 6.45) is 5.07. The lowest BCUT2D eigenvalue weighted by molar-refractivity contribution is 0.503. The van der Waals surface area contributed by atoms with Gasteiger partial charge < -0.3 is 15.1 Å². The molecule has 4 nitrogen and oxygen atoms in total. The van der Waals surface area contributed by atoms with Gasteiger partial charge in [-0.05, 0) is 38.3 Å². The van der Waals surface area contributed by atoms with Gasteiger partial charge in [-0.15, -0.1) is 11.3 Å². The quantitative estimate of drug-likeness (QED) is 0.933. The van der Waals surface area contributed by atoms with Crippen molar-refractivity contribution in [3.8, 4) is 0 Å². The number of rotatable bonds is 4. The van der Waals surface area contributed by atoms with Gasteiger partial charge in [0.2, 0.25) is 0 Å². The van der Waals surface area contributed by atoms with E-state index in [0.717, 1.165) is 42.5 Å². The zero-order valence-electron chi connectivity index (χ0n) is 11.1. The highest BCUT2D eigenvalue weighted by Crippen LogP contribution is 2.35. The number of fused-ring (bicyclic) bond motifs is 1. The van der Waals surface area contributed by atoms with Gasteiger partial charge in [0.05, 0.1) is 18.5 Å². The molecule has 1 atom stereocenters. The molecule has 0 saturated carbocycles. The molecule has 1 aliphatic rings. The Bertz CT molecular complexity index is 535. The lowest BCUT2D eigenvalue weighted by Gasteiger charge is -2.18. The number of nitrogens with two attached hydrogens (primary N) is 1. The van der Waals surface area contributed by atoms with E-state index in [2.05, 4.69) is 11.8 Å². The highest BCUT2D eigenvalue weighted by Gasteiger charge is 2.23. The van der Waals surface area contributed by atoms with Crippen molar-refractivity contribution >= 4 is 16.5 Å². The number of hydrogen-bond acceptors (Lipinski definition) is 5. The van der Waals surface area contributed by atoms with E-state index in [9.17, 15) is 0 Å². The number of nitrogens with zero attached hydrogens (tertiary/aromatic N) is 2. The second kappa shape index (κ2) is 5.35. The number of aryl methyl sites for hydroxylation is 1. The van der Waals surface area contributed by atoms with Crippen molar-refractivity contribution in [3.63, 3.8) is 0 Å². The Hall–Kier alpha value is -1.33. The fourth-order valence-electron chi connectivity index (χ4n) is 2.48. The Balaban J connectivity index is 1.83. The summed E-state index contributed by atoms with van der Waals surface area (Å²) < 4.78 is 5.42. The number of anilines is 1. The smallest absolute Gasteiger partial charge is 0.186 e. The molecule has 0 spiro atoms. The highest BCUT2D eigenvalue weighted by atomic mass is 32.1. The molecule has 0 amide bonds. The van der Waals surface area contributed by atoms with E-state index in [1.807, 2.05) is 12.1 Å². The van der Waals surface area contributed by atoms with E-state index >= 15 is 0 Å². The van der Waals surface area contributed by atoms with E-state index in [-0.39, 0.29) is 6.04 Å². The van der Waals surface area contributed by atoms with Gasteiger partial charge >= 0.3 is 0 Å². The molecule has 5 heteroatoms. The summed E-state index contributed by atoms with van der Waals surface area (Å²) in [5.74, 6) is 0.972. The molecule has 2 aromatic rings. The summed E-state index contributed by atoms with van der Waals surface area (Å²) in [5, 5.41) is 1.07. The first-order chi connectivity index (χ1) is 9.28. The summed E-state index contributed by atoms with van der Waals surface area (Å²) >= 11 is 1.79. The minimum absolute atomic E-state index is 0.121. The average molecular weight is 277 g/mol. The van der Waals surface area contributed by atoms with Gasteiger partial charge in [-0.25, -0.2) is 4.98 Å². The van der Waals surface area contributed by atoms with Gasteiger partial charge in [0.1, 0.15) is 5.76 Å². The van der Waals surface area contributed by atoms with Gasteiger partial charge in [0, 0.05) is 17.5 Å². The van der Waals surface area contributed by atoms with Crippen LogP contribution in [0.2, 0.25) is 0 Å². The molecule has 1 aliphatic carbocycles. The van der Waals surface area contributed by atoms with Crippen molar-refractivity contribution in [1.29, 1.82) is 0 Å². The van der Waals surface area contributed by atoms with Crippen LogP contribution < -0.4 is 10.6 Å². The topological polar surface area (TPSA) is 55.3 Å². The number of hydrogen-bond donors (Lipinski definition) is 1. The number of aromatic nitrogens is 1. The maximum Gasteiger partial charge on any atom is 0.186 e. The molecule has 0 saturated heterocycles. The first kappa shape index (κ1) is 12.7. The Kier molecular flexibility index (Phi) is 3.57. The first-order valence-electron chi connectivity index (χ1n) is 6.80. The monoisotopic (exact) mass is 277 g/mol. The molecule has 19 heavy (non-hydrogen) atoms. The summed E-state index contributed by atoms with van der Waals surface area (Å²) in [7, 11) is 0. The second-order valence-electron chi connectivity index (χ2n) is 4.90. The Morgan fingerprint density at radius 2 is 2.47 bits per heavy atom. The molecule has 0 radical (unpaired) electrons. The van der Waals surface area contributed by atoms with Crippen LogP contribution in [0, 0.1) is 0 Å². The molecule has 0 aliphatic heterocycles. The van der Waals surface area contributed by atoms with Crippen LogP contribution in [-0.2, 0) is 13.0 Å². The minimum Gasteiger partial charge on any atom is -0.467 e. The predicted molar refractivity (Wildman–Crippen MR) is 77.4 cm³/mol. The molecule has 0 aromatic carbocycles. The van der Waals surface area contributed by atoms with E-state index in [1.165, 1.54) is 11.3 Å². The zero-order valence-corrected chi connectivity index (χ0v) is 11.9. The number of furan rings is 1. The summed E-state index contributed by atoms with van der Waals surface area (Å²) in [5.41, 5.74) is 7.26. The molecule has 2 aromatic heterocycles. The summed E-state index contributed by atoms with van der Waals surface area (Å²) in [4.78, 5) is 8.37. The normalized spacial score (nSPS) is 18.3. The van der Waals surface area contributed by atoms with Gasteiger partial charge in [0.15, 0.2) is 5.13 Å². The fraction of sp³-hybridized carbons (Fsp3) is 0.500. The Morgan fingerprint density at radius 3 is 3.16 bits per heavy atom. The van der Waals surface area contributed by atoms with Crippen LogP contribution in [0.25, 0.3) is 0 Å². The van der Waals surface area contributed by atoms with Gasteiger partial charge in [-0.3, -0.25) is 0 Å². The minimum atomic E-state index is 0.121. The van der Waals surface area contributed by atoms with Gasteiger partial charge in [-0.1, -0.05) is 0 Å². The van der Waals surface area contributed by atoms with Crippen LogP contribution in [0.3, 0.4) is 0 Å². The molecule has 0 fully saturated rings. The van der Waals surface area contributed by atoms with E-state index in [1.54, 1.807) is 17.6 Å². The first-order valence-corrected chi connectivity index (χ1v) is 7.62. The van der Waals surface area contributed by atoms with Crippen molar-refractivity contribution in [2.75, 3.05) is 11.4 Å². The Morgan fingerprint density at radius 1 is 1.58 bits per heavy atom. The third-order valence-electron chi connectivity index (χ3n) is 3.57. The molecular formula is C14H19N3OS. The maximum absolute atomic E-state index is 6.14. The molecule has 2 heterocycles. The molecule has 0 bridgehead atoms. The predicted octanol–water partition coefficient (Wildman–Crippen LogP) is 3.10. The zero-order chi connectivity index (χ0) is 13.2. The van der Waals surface area contributed by atoms with Crippen molar-refractivity contribution in [2.45, 2.75) is 38.8 Å². The van der Waals surface area contributed by atoms with E-state index < -0.39 is 0 Å². The number of thiazole rings is 1. The van der Waals surface area contributed by atoms with Crippen LogP contribution in [-0.4, -0.2) is 11.5 Å². The second-order valence-corrected chi connectivity index (χ2v) is 5.96. The fourth-order valence-corrected chi connectivity index (χ4v) is 3.71. The lowest BCUT2D eigenvalue weighted by Crippen LogP contribution is -2.22. The maximum atomic E-state index is 6.14. The van der Waals surface area contributed by atoms with Gasteiger partial charge in [-0.2, -0.15) is 0 Å². The summed E-state index contributed by atoms with van der Waals surface area (Å²) in [6.45, 7) is 3.83. The van der Waals surface area contributed by atoms with Crippen LogP contribution in [0.4, 0.5) is 5.13 Å². The van der Waals surface area contributed by atoms with Gasteiger partial charge in [0.25, 0.3) is 0 Å². The third-order valence-corrected chi connectivity index (χ3v) is 4.76. The van der Waals surface area contributed by atoms with E-state index in [4.69, 9.17) is 15.1 Å². The molecule has 1 unspecified atom stereocenters. The molecule has 2 N–H and O–H groups in total. The largest absolute Gasteiger partial charge is 0.467 e. The molecule has 3 rings (SSSR count). The molecular weight excluding hydrogens is 258 g/mol. The molecule has 102 valence electrons. The van der Waals surface area contributed by atoms with Crippen molar-refractivity contribution in [2.24, 2.45) is 5.73 Å². The Labute approximate surface area is 117 Å². The van der Waals surface area contributed by atoms with Crippen LogP contribution in [0.5, 0.6) is 0 Å². The third kappa shape index (κ3) is 2.53. The van der Waals surface area contributed by atoms with Crippen LogP contribution in [0.15, 0.2) is 22.8 Å². The summed E-state index contributed by atoms with van der Waals surface area (Å²) in [6, 6.07) is 4.05. The average Bonchev–Trinajstić information content (AvgIpc) is 3.05. The van der Waals surface area contributed by atoms with Crippen LogP contribution >= 0.6 is 11.3 Å². The standard InChI is InChI=1S/C14H19N3OS/c1-2-17(9-10-5-4-8-18-10)14-16-13-11(15)6-3-7-12(13)19-14/h4-5,8,11H,2-3,6-7,9,15H2,1H3. The lowest BCUT2D eigenvalue weighted by atomic mass is 9.99. The van der Waals surface area contributed by atoms with E-state index in [0.29, 0.717) is 0 Å². The van der Waals surface area contributed by atoms with Crippen LogP contribution in [0.1, 0.15) is 42.1 Å². The van der Waals surface area contributed by atoms with Crippen molar-refractivity contribution < 1.29 is 4.42 Å².